The Kier molecular flexibility index (Phi) is 6.01. The predicted octanol–water partition coefficient (Wildman–Crippen LogP) is 2.58. The van der Waals surface area contributed by atoms with Gasteiger partial charge in [-0.1, -0.05) is 24.6 Å². The van der Waals surface area contributed by atoms with E-state index >= 15 is 0 Å². The first-order valence-electron chi connectivity index (χ1n) is 7.92. The van der Waals surface area contributed by atoms with Gasteiger partial charge in [0.2, 0.25) is 5.91 Å². The minimum absolute atomic E-state index is 0.0724. The van der Waals surface area contributed by atoms with Gasteiger partial charge in [-0.05, 0) is 43.0 Å². The molecule has 120 valence electrons. The van der Waals surface area contributed by atoms with Gasteiger partial charge in [0.05, 0.1) is 7.11 Å². The number of hydrogen-bond acceptors (Lipinski definition) is 3. The molecule has 2 atom stereocenters. The summed E-state index contributed by atoms with van der Waals surface area (Å²) in [5, 5.41) is 0. The summed E-state index contributed by atoms with van der Waals surface area (Å²) in [4.78, 5) is 14.7. The van der Waals surface area contributed by atoms with Crippen LogP contribution in [0, 0.1) is 11.8 Å². The molecular weight excluding hydrogens is 276 g/mol. The zero-order chi connectivity index (χ0) is 15.9. The van der Waals surface area contributed by atoms with Crippen LogP contribution in [0.5, 0.6) is 5.75 Å². The molecule has 1 aromatic carbocycles. The fourth-order valence-corrected chi connectivity index (χ4v) is 3.22. The van der Waals surface area contributed by atoms with Crippen LogP contribution in [0.2, 0.25) is 0 Å². The summed E-state index contributed by atoms with van der Waals surface area (Å²) in [5.41, 5.74) is 6.91. The van der Waals surface area contributed by atoms with Gasteiger partial charge in [0, 0.05) is 19.0 Å². The highest BCUT2D eigenvalue weighted by atomic mass is 16.5. The van der Waals surface area contributed by atoms with Crippen LogP contribution in [0.25, 0.3) is 0 Å². The zero-order valence-corrected chi connectivity index (χ0v) is 13.3. The number of benzene rings is 1. The number of ether oxygens (including phenoxy) is 1. The van der Waals surface area contributed by atoms with E-state index < -0.39 is 0 Å². The Bertz CT molecular complexity index is 498. The third kappa shape index (κ3) is 3.89. The van der Waals surface area contributed by atoms with Gasteiger partial charge in [-0.15, -0.1) is 6.58 Å². The van der Waals surface area contributed by atoms with Gasteiger partial charge < -0.3 is 15.4 Å². The van der Waals surface area contributed by atoms with Crippen molar-refractivity contribution in [1.29, 1.82) is 0 Å². The molecular formula is C18H26N2O2. The molecule has 1 fully saturated rings. The van der Waals surface area contributed by atoms with Crippen LogP contribution in [0.1, 0.15) is 24.8 Å². The summed E-state index contributed by atoms with van der Waals surface area (Å²) in [6.45, 7) is 5.55. The van der Waals surface area contributed by atoms with E-state index in [9.17, 15) is 4.79 Å². The van der Waals surface area contributed by atoms with Crippen LogP contribution in [0.15, 0.2) is 36.9 Å². The topological polar surface area (TPSA) is 55.6 Å². The van der Waals surface area contributed by atoms with Gasteiger partial charge in [0.25, 0.3) is 0 Å². The summed E-state index contributed by atoms with van der Waals surface area (Å²) in [6.07, 6.45) is 4.91. The standard InChI is InChI=1S/C18H26N2O2/c1-3-11-20(13-14-7-9-16(22-2)10-8-14)18(21)17-6-4-5-15(17)12-19/h3,7-10,15,17H,1,4-6,11-13,19H2,2H3/t15-,17-/m1/s1. The SMILES string of the molecule is C=CCN(Cc1ccc(OC)cc1)C(=O)[C@@H]1CCC[C@@H]1CN. The fourth-order valence-electron chi connectivity index (χ4n) is 3.22. The highest BCUT2D eigenvalue weighted by molar-refractivity contribution is 5.79. The number of amides is 1. The number of hydrogen-bond donors (Lipinski definition) is 1. The van der Waals surface area contributed by atoms with Crippen molar-refractivity contribution in [2.75, 3.05) is 20.2 Å². The minimum atomic E-state index is 0.0724. The molecule has 0 saturated heterocycles. The third-order valence-corrected chi connectivity index (χ3v) is 4.47. The molecule has 1 aromatic rings. The molecule has 4 heteroatoms. The van der Waals surface area contributed by atoms with Crippen LogP contribution in [-0.2, 0) is 11.3 Å². The molecule has 0 heterocycles. The first kappa shape index (κ1) is 16.6. The van der Waals surface area contributed by atoms with Gasteiger partial charge in [0.15, 0.2) is 0 Å². The average molecular weight is 302 g/mol. The van der Waals surface area contributed by atoms with E-state index in [4.69, 9.17) is 10.5 Å². The first-order chi connectivity index (χ1) is 10.7. The normalized spacial score (nSPS) is 20.6. The summed E-state index contributed by atoms with van der Waals surface area (Å²) in [6, 6.07) is 7.84. The Hall–Kier alpha value is -1.81. The molecule has 1 aliphatic carbocycles. The van der Waals surface area contributed by atoms with Gasteiger partial charge in [-0.3, -0.25) is 4.79 Å². The number of methoxy groups -OCH3 is 1. The summed E-state index contributed by atoms with van der Waals surface area (Å²) < 4.78 is 5.17. The van der Waals surface area contributed by atoms with E-state index in [2.05, 4.69) is 6.58 Å². The lowest BCUT2D eigenvalue weighted by Gasteiger charge is -2.27. The van der Waals surface area contributed by atoms with Crippen molar-refractivity contribution in [2.24, 2.45) is 17.6 Å². The number of rotatable bonds is 7. The molecule has 0 spiro atoms. The van der Waals surface area contributed by atoms with Crippen molar-refractivity contribution in [1.82, 2.24) is 4.90 Å². The second kappa shape index (κ2) is 7.99. The lowest BCUT2D eigenvalue weighted by molar-refractivity contribution is -0.136. The zero-order valence-electron chi connectivity index (χ0n) is 13.3. The predicted molar refractivity (Wildman–Crippen MR) is 88.5 cm³/mol. The van der Waals surface area contributed by atoms with Gasteiger partial charge >= 0.3 is 0 Å². The van der Waals surface area contributed by atoms with E-state index in [0.717, 1.165) is 30.6 Å². The molecule has 1 aliphatic rings. The van der Waals surface area contributed by atoms with Gasteiger partial charge in [-0.25, -0.2) is 0 Å². The van der Waals surface area contributed by atoms with Crippen molar-refractivity contribution in [3.8, 4) is 5.75 Å². The molecule has 0 radical (unpaired) electrons. The quantitative estimate of drug-likeness (QED) is 0.788. The maximum Gasteiger partial charge on any atom is 0.226 e. The van der Waals surface area contributed by atoms with Crippen molar-refractivity contribution in [2.45, 2.75) is 25.8 Å². The highest BCUT2D eigenvalue weighted by Gasteiger charge is 2.34. The molecule has 1 amide bonds. The van der Waals surface area contributed by atoms with E-state index in [1.807, 2.05) is 29.2 Å². The van der Waals surface area contributed by atoms with Crippen molar-refractivity contribution in [3.63, 3.8) is 0 Å². The van der Waals surface area contributed by atoms with Crippen LogP contribution in [0.4, 0.5) is 0 Å². The smallest absolute Gasteiger partial charge is 0.226 e. The Morgan fingerprint density at radius 1 is 1.41 bits per heavy atom. The van der Waals surface area contributed by atoms with Crippen LogP contribution >= 0.6 is 0 Å². The second-order valence-corrected chi connectivity index (χ2v) is 5.89. The number of nitrogens with two attached hydrogens (primary N) is 1. The maximum atomic E-state index is 12.8. The molecule has 0 bridgehead atoms. The van der Waals surface area contributed by atoms with Crippen LogP contribution < -0.4 is 10.5 Å². The molecule has 2 N–H and O–H groups in total. The number of nitrogens with zero attached hydrogens (tertiary/aromatic N) is 1. The Morgan fingerprint density at radius 2 is 2.14 bits per heavy atom. The number of carbonyl (C=O) groups excluding carboxylic acids is 1. The second-order valence-electron chi connectivity index (χ2n) is 5.89. The lowest BCUT2D eigenvalue weighted by atomic mass is 9.94. The molecule has 0 aromatic heterocycles. The van der Waals surface area contributed by atoms with Gasteiger partial charge in [0.1, 0.15) is 5.75 Å². The largest absolute Gasteiger partial charge is 0.497 e. The van der Waals surface area contributed by atoms with Crippen LogP contribution in [0.3, 0.4) is 0 Å². The highest BCUT2D eigenvalue weighted by Crippen LogP contribution is 2.32. The van der Waals surface area contributed by atoms with Crippen molar-refractivity contribution >= 4 is 5.91 Å². The molecule has 22 heavy (non-hydrogen) atoms. The molecule has 0 unspecified atom stereocenters. The van der Waals surface area contributed by atoms with E-state index in [0.29, 0.717) is 25.6 Å². The first-order valence-corrected chi connectivity index (χ1v) is 7.92. The van der Waals surface area contributed by atoms with Crippen LogP contribution in [-0.4, -0.2) is 31.0 Å². The molecule has 0 aliphatic heterocycles. The summed E-state index contributed by atoms with van der Waals surface area (Å²) >= 11 is 0. The summed E-state index contributed by atoms with van der Waals surface area (Å²) in [5.74, 6) is 1.44. The van der Waals surface area contributed by atoms with Crippen molar-refractivity contribution < 1.29 is 9.53 Å². The number of carbonyl (C=O) groups is 1. The van der Waals surface area contributed by atoms with E-state index in [1.54, 1.807) is 13.2 Å². The van der Waals surface area contributed by atoms with Crippen molar-refractivity contribution in [3.05, 3.63) is 42.5 Å². The Labute approximate surface area is 132 Å². The Balaban J connectivity index is 2.07. The molecule has 1 saturated carbocycles. The summed E-state index contributed by atoms with van der Waals surface area (Å²) in [7, 11) is 1.65. The van der Waals surface area contributed by atoms with E-state index in [-0.39, 0.29) is 11.8 Å². The van der Waals surface area contributed by atoms with Gasteiger partial charge in [-0.2, -0.15) is 0 Å². The third-order valence-electron chi connectivity index (χ3n) is 4.47. The maximum absolute atomic E-state index is 12.8. The van der Waals surface area contributed by atoms with E-state index in [1.165, 1.54) is 0 Å². The molecule has 4 nitrogen and oxygen atoms in total. The fraction of sp³-hybridized carbons (Fsp3) is 0.500. The molecule has 2 rings (SSSR count). The minimum Gasteiger partial charge on any atom is -0.497 e. The average Bonchev–Trinajstić information content (AvgIpc) is 3.03. The monoisotopic (exact) mass is 302 g/mol. The lowest BCUT2D eigenvalue weighted by Crippen LogP contribution is -2.38. The Morgan fingerprint density at radius 3 is 2.73 bits per heavy atom.